The largest absolute Gasteiger partial charge is 0.455 e. The van der Waals surface area contributed by atoms with E-state index in [4.69, 9.17) is 23.2 Å². The van der Waals surface area contributed by atoms with Crippen molar-refractivity contribution in [2.75, 3.05) is 5.32 Å². The first kappa shape index (κ1) is 31.5. The third-order valence-electron chi connectivity index (χ3n) is 6.42. The number of aromatic nitrogens is 7. The van der Waals surface area contributed by atoms with E-state index in [0.29, 0.717) is 15.9 Å². The van der Waals surface area contributed by atoms with Crippen LogP contribution >= 0.6 is 23.2 Å². The number of carbonyl (C=O) groups is 2. The predicted octanol–water partition coefficient (Wildman–Crippen LogP) is 5.82. The summed E-state index contributed by atoms with van der Waals surface area (Å²) in [5.74, 6) is -3.23. The van der Waals surface area contributed by atoms with E-state index < -0.39 is 35.7 Å². The number of carbonyl (C=O) groups excluding carboxylic acids is 2. The molecule has 0 fully saturated rings. The molecule has 2 N–H and O–H groups in total. The smallest absolute Gasteiger partial charge is 0.345 e. The highest BCUT2D eigenvalue weighted by molar-refractivity contribution is 6.32. The van der Waals surface area contributed by atoms with Gasteiger partial charge in [0.15, 0.2) is 5.82 Å². The van der Waals surface area contributed by atoms with Gasteiger partial charge in [0, 0.05) is 11.2 Å². The molecule has 232 valence electrons. The molecule has 0 spiro atoms. The van der Waals surface area contributed by atoms with E-state index in [9.17, 15) is 27.2 Å². The second-order valence-electron chi connectivity index (χ2n) is 9.73. The van der Waals surface area contributed by atoms with Crippen molar-refractivity contribution in [2.45, 2.75) is 32.6 Å². The Balaban J connectivity index is 1.48. The number of rotatable bonds is 8. The molecule has 5 rings (SSSR count). The van der Waals surface area contributed by atoms with Gasteiger partial charge >= 0.3 is 6.18 Å². The number of tetrazole rings is 1. The van der Waals surface area contributed by atoms with Crippen molar-refractivity contribution in [1.29, 1.82) is 0 Å². The quantitative estimate of drug-likeness (QED) is 0.200. The van der Waals surface area contributed by atoms with Crippen molar-refractivity contribution >= 4 is 40.7 Å². The lowest BCUT2D eigenvalue weighted by atomic mass is 10.0. The maximum Gasteiger partial charge on any atom is 0.455 e. The summed E-state index contributed by atoms with van der Waals surface area (Å²) in [6, 6.07) is 12.4. The Morgan fingerprint density at radius 1 is 1.02 bits per heavy atom. The van der Waals surface area contributed by atoms with Crippen LogP contribution in [0.2, 0.25) is 10.0 Å². The van der Waals surface area contributed by atoms with Crippen molar-refractivity contribution in [3.63, 3.8) is 0 Å². The van der Waals surface area contributed by atoms with Crippen molar-refractivity contribution in [3.05, 3.63) is 111 Å². The van der Waals surface area contributed by atoms with E-state index in [-0.39, 0.29) is 45.0 Å². The summed E-state index contributed by atoms with van der Waals surface area (Å²) in [5.41, 5.74) is 1.03. The molecule has 2 aromatic carbocycles. The zero-order valence-corrected chi connectivity index (χ0v) is 24.8. The van der Waals surface area contributed by atoms with Gasteiger partial charge in [0.1, 0.15) is 18.1 Å². The van der Waals surface area contributed by atoms with E-state index >= 15 is 0 Å². The first-order valence-electron chi connectivity index (χ1n) is 13.0. The number of alkyl halides is 3. The zero-order chi connectivity index (χ0) is 32.5. The molecule has 1 atom stereocenters. The van der Waals surface area contributed by atoms with Crippen molar-refractivity contribution in [1.82, 2.24) is 40.3 Å². The Labute approximate surface area is 262 Å². The maximum atomic E-state index is 13.8. The molecule has 0 aliphatic heterocycles. The van der Waals surface area contributed by atoms with Crippen LogP contribution in [0.15, 0.2) is 60.8 Å². The van der Waals surface area contributed by atoms with Gasteiger partial charge in [-0.3, -0.25) is 9.59 Å². The Bertz CT molecular complexity index is 1910. The number of pyridine rings is 1. The molecule has 0 aliphatic rings. The normalized spacial score (nSPS) is 12.2. The summed E-state index contributed by atoms with van der Waals surface area (Å²) in [7, 11) is 0. The average molecular weight is 662 g/mol. The number of anilines is 1. The number of nitrogens with one attached hydrogen (secondary N) is 2. The van der Waals surface area contributed by atoms with Gasteiger partial charge in [-0.2, -0.15) is 23.1 Å². The van der Waals surface area contributed by atoms with Crippen LogP contribution in [0.25, 0.3) is 5.82 Å². The van der Waals surface area contributed by atoms with Crippen LogP contribution in [0.5, 0.6) is 0 Å². The summed E-state index contributed by atoms with van der Waals surface area (Å²) in [6.07, 6.45) is -3.40. The van der Waals surface area contributed by atoms with Gasteiger partial charge in [-0.1, -0.05) is 35.3 Å². The molecule has 0 aliphatic carbocycles. The van der Waals surface area contributed by atoms with Gasteiger partial charge in [0.2, 0.25) is 0 Å². The minimum atomic E-state index is -4.81. The van der Waals surface area contributed by atoms with Crippen molar-refractivity contribution < 1.29 is 27.2 Å². The molecule has 5 aromatic rings. The summed E-state index contributed by atoms with van der Waals surface area (Å²) >= 11 is 12.6. The SMILES string of the molecule is Cc1cc(Cl)cc(C(=O)NC(C)c2cccc(F)c2)c1NC(=O)c1cc(Cn2nnc(C(F)(F)F)n2)nn1-c1ncccc1Cl. The zero-order valence-electron chi connectivity index (χ0n) is 23.3. The molecule has 17 heteroatoms. The number of hydrogen-bond donors (Lipinski definition) is 2. The van der Waals surface area contributed by atoms with Gasteiger partial charge in [-0.15, -0.1) is 10.2 Å². The number of benzene rings is 2. The number of aryl methyl sites for hydroxylation is 1. The molecule has 2 amide bonds. The number of hydrogen-bond acceptors (Lipinski definition) is 7. The van der Waals surface area contributed by atoms with Crippen molar-refractivity contribution in [2.24, 2.45) is 0 Å². The standard InChI is InChI=1S/C28H21Cl2F4N9O2/c1-14-9-17(29)11-20(25(44)36-15(2)16-5-3-6-18(31)10-16)23(14)37-26(45)22-12-19(13-42-40-27(38-41-42)28(32,33)34)39-43(22)24-21(30)7-4-8-35-24/h3-12,15H,13H2,1-2H3,(H,36,44)(H,37,45). The third kappa shape index (κ3) is 7.10. The molecule has 0 saturated heterocycles. The summed E-state index contributed by atoms with van der Waals surface area (Å²) in [4.78, 5) is 32.0. The Morgan fingerprint density at radius 2 is 1.80 bits per heavy atom. The minimum absolute atomic E-state index is 0.0188. The van der Waals surface area contributed by atoms with E-state index in [0.717, 1.165) is 4.68 Å². The highest BCUT2D eigenvalue weighted by Crippen LogP contribution is 2.29. The second kappa shape index (κ2) is 12.6. The van der Waals surface area contributed by atoms with Gasteiger partial charge in [0.25, 0.3) is 17.6 Å². The topological polar surface area (TPSA) is 133 Å². The molecular weight excluding hydrogens is 641 g/mol. The van der Waals surface area contributed by atoms with Crippen LogP contribution in [0.4, 0.5) is 23.2 Å². The summed E-state index contributed by atoms with van der Waals surface area (Å²) in [5, 5.41) is 19.9. The van der Waals surface area contributed by atoms with Gasteiger partial charge in [-0.05, 0) is 72.7 Å². The fourth-order valence-electron chi connectivity index (χ4n) is 4.33. The molecule has 3 aromatic heterocycles. The lowest BCUT2D eigenvalue weighted by Gasteiger charge is -2.18. The van der Waals surface area contributed by atoms with Crippen LogP contribution in [0, 0.1) is 12.7 Å². The molecule has 11 nitrogen and oxygen atoms in total. The highest BCUT2D eigenvalue weighted by Gasteiger charge is 2.37. The fourth-order valence-corrected chi connectivity index (χ4v) is 4.81. The van der Waals surface area contributed by atoms with Crippen LogP contribution in [-0.2, 0) is 12.7 Å². The van der Waals surface area contributed by atoms with Crippen LogP contribution in [-0.4, -0.2) is 46.8 Å². The first-order chi connectivity index (χ1) is 21.3. The maximum absolute atomic E-state index is 13.8. The second-order valence-corrected chi connectivity index (χ2v) is 10.6. The van der Waals surface area contributed by atoms with E-state index in [1.807, 2.05) is 0 Å². The molecular formula is C28H21Cl2F4N9O2. The number of amides is 2. The molecule has 0 saturated carbocycles. The summed E-state index contributed by atoms with van der Waals surface area (Å²) < 4.78 is 53.8. The van der Waals surface area contributed by atoms with Gasteiger partial charge in [0.05, 0.1) is 28.0 Å². The first-order valence-corrected chi connectivity index (χ1v) is 13.8. The Morgan fingerprint density at radius 3 is 2.49 bits per heavy atom. The monoisotopic (exact) mass is 661 g/mol. The van der Waals surface area contributed by atoms with E-state index in [1.54, 1.807) is 26.0 Å². The molecule has 45 heavy (non-hydrogen) atoms. The van der Waals surface area contributed by atoms with Crippen LogP contribution in [0.1, 0.15) is 56.5 Å². The molecule has 0 radical (unpaired) electrons. The lowest BCUT2D eigenvalue weighted by Crippen LogP contribution is -2.28. The third-order valence-corrected chi connectivity index (χ3v) is 6.94. The van der Waals surface area contributed by atoms with Crippen LogP contribution < -0.4 is 10.6 Å². The van der Waals surface area contributed by atoms with Gasteiger partial charge in [-0.25, -0.2) is 14.1 Å². The lowest BCUT2D eigenvalue weighted by molar-refractivity contribution is -0.145. The van der Waals surface area contributed by atoms with Crippen molar-refractivity contribution in [3.8, 4) is 5.82 Å². The Hall–Kier alpha value is -4.89. The van der Waals surface area contributed by atoms with Crippen LogP contribution in [0.3, 0.4) is 0 Å². The van der Waals surface area contributed by atoms with Gasteiger partial charge < -0.3 is 10.6 Å². The molecule has 3 heterocycles. The number of nitrogens with zero attached hydrogens (tertiary/aromatic N) is 7. The van der Waals surface area contributed by atoms with E-state index in [1.165, 1.54) is 48.7 Å². The van der Waals surface area contributed by atoms with E-state index in [2.05, 4.69) is 36.1 Å². The summed E-state index contributed by atoms with van der Waals surface area (Å²) in [6.45, 7) is 2.91. The predicted molar refractivity (Wildman–Crippen MR) is 155 cm³/mol. The minimum Gasteiger partial charge on any atom is -0.345 e. The number of halogens is 6. The Kier molecular flexibility index (Phi) is 8.84. The fraction of sp³-hybridized carbons (Fsp3) is 0.179. The highest BCUT2D eigenvalue weighted by atomic mass is 35.5. The molecule has 1 unspecified atom stereocenters. The average Bonchev–Trinajstić information content (AvgIpc) is 3.62. The molecule has 0 bridgehead atoms.